The lowest BCUT2D eigenvalue weighted by Crippen LogP contribution is -2.03. The monoisotopic (exact) mass is 746 g/mol. The van der Waals surface area contributed by atoms with Gasteiger partial charge in [0.15, 0.2) is 5.69 Å². The van der Waals surface area contributed by atoms with Gasteiger partial charge in [0.05, 0.1) is 40.5 Å². The van der Waals surface area contributed by atoms with E-state index in [0.29, 0.717) is 5.69 Å². The number of nitrogens with zero attached hydrogens (tertiary/aromatic N) is 4. The Morgan fingerprint density at radius 2 is 0.897 bits per heavy atom. The number of para-hydroxylation sites is 2. The van der Waals surface area contributed by atoms with Crippen LogP contribution in [-0.2, 0) is 0 Å². The van der Waals surface area contributed by atoms with Crippen LogP contribution in [0.5, 0.6) is 0 Å². The van der Waals surface area contributed by atoms with Gasteiger partial charge in [-0.05, 0) is 134 Å². The van der Waals surface area contributed by atoms with Gasteiger partial charge in [0, 0.05) is 27.1 Å². The number of aromatic nitrogens is 3. The van der Waals surface area contributed by atoms with Crippen molar-refractivity contribution in [3.8, 4) is 44.9 Å². The molecule has 10 aromatic rings. The minimum absolute atomic E-state index is 0.614. The van der Waals surface area contributed by atoms with E-state index in [4.69, 9.17) is 11.6 Å². The van der Waals surface area contributed by atoms with Gasteiger partial charge in [-0.1, -0.05) is 108 Å². The first-order chi connectivity index (χ1) is 28.2. The minimum Gasteiger partial charge on any atom is -0.307 e. The topological polar surface area (TPSA) is 27.1 Å². The molecule has 0 unspecified atom stereocenters. The average Bonchev–Trinajstić information content (AvgIpc) is 3.72. The highest BCUT2D eigenvalue weighted by Gasteiger charge is 2.21. The molecule has 0 fully saturated rings. The van der Waals surface area contributed by atoms with Crippen LogP contribution in [-0.4, -0.2) is 14.1 Å². The number of benzene rings is 7. The van der Waals surface area contributed by atoms with E-state index in [-0.39, 0.29) is 0 Å². The van der Waals surface area contributed by atoms with Crippen molar-refractivity contribution in [1.82, 2.24) is 14.1 Å². The Bertz CT molecular complexity index is 3300. The second-order valence-corrected chi connectivity index (χ2v) is 15.9. The van der Waals surface area contributed by atoms with Gasteiger partial charge in [-0.25, -0.2) is 9.83 Å². The number of rotatable bonds is 5. The fraction of sp³-hybridized carbons (Fsp3) is 0.111. The van der Waals surface area contributed by atoms with Crippen molar-refractivity contribution in [2.24, 2.45) is 0 Å². The van der Waals surface area contributed by atoms with Crippen LogP contribution in [0.3, 0.4) is 0 Å². The Kier molecular flexibility index (Phi) is 8.18. The van der Waals surface area contributed by atoms with Crippen LogP contribution in [0.25, 0.3) is 93.3 Å². The molecule has 3 aromatic heterocycles. The lowest BCUT2D eigenvalue weighted by Gasteiger charge is -2.17. The zero-order chi connectivity index (χ0) is 39.8. The van der Waals surface area contributed by atoms with Crippen LogP contribution in [0.2, 0.25) is 0 Å². The van der Waals surface area contributed by atoms with Crippen molar-refractivity contribution < 1.29 is 0 Å². The van der Waals surface area contributed by atoms with Crippen LogP contribution in [0.1, 0.15) is 33.4 Å². The molecule has 0 atom stereocenters. The molecule has 0 N–H and O–H groups in total. The van der Waals surface area contributed by atoms with Crippen molar-refractivity contribution >= 4 is 49.3 Å². The van der Waals surface area contributed by atoms with Crippen LogP contribution >= 0.6 is 0 Å². The van der Waals surface area contributed by atoms with Crippen molar-refractivity contribution in [2.75, 3.05) is 0 Å². The standard InChI is InChI=1S/C54H42N4/c1-32-24-34(3)53(35(4)25-32)39-18-22-49-45(28-39)42-12-8-10-14-47(42)57(49)51-31-56-52(30-44(51)38-16-20-41(55-7)21-17-38)58-48-15-11-9-13-43(48)46-29-40(19-23-50(46)58)54-36(5)26-33(2)27-37(54)6/h8-31H,1-6H3. The van der Waals surface area contributed by atoms with Crippen LogP contribution < -0.4 is 0 Å². The maximum Gasteiger partial charge on any atom is 0.187 e. The summed E-state index contributed by atoms with van der Waals surface area (Å²) in [5, 5.41) is 4.77. The van der Waals surface area contributed by atoms with Crippen molar-refractivity contribution in [1.29, 1.82) is 0 Å². The molecule has 0 aliphatic rings. The third-order valence-corrected chi connectivity index (χ3v) is 11.9. The van der Waals surface area contributed by atoms with Crippen molar-refractivity contribution in [3.05, 3.63) is 191 Å². The lowest BCUT2D eigenvalue weighted by molar-refractivity contribution is 1.06. The van der Waals surface area contributed by atoms with E-state index in [2.05, 4.69) is 183 Å². The van der Waals surface area contributed by atoms with E-state index in [1.165, 1.54) is 77.2 Å². The first-order valence-corrected chi connectivity index (χ1v) is 19.9. The fourth-order valence-electron chi connectivity index (χ4n) is 9.72. The lowest BCUT2D eigenvalue weighted by atomic mass is 9.93. The SMILES string of the molecule is [C-]#[N+]c1ccc(-c2cc(-n3c4ccccc4c4cc(-c5c(C)cc(C)cc5C)ccc43)ncc2-n2c3ccccc3c3cc(-c4c(C)cc(C)cc4C)ccc32)cc1. The normalized spacial score (nSPS) is 11.6. The highest BCUT2D eigenvalue weighted by Crippen LogP contribution is 2.42. The average molecular weight is 747 g/mol. The summed E-state index contributed by atoms with van der Waals surface area (Å²) in [6, 6.07) is 50.3. The van der Waals surface area contributed by atoms with Gasteiger partial charge in [-0.15, -0.1) is 0 Å². The Hall–Kier alpha value is -7.22. The molecule has 0 saturated heterocycles. The highest BCUT2D eigenvalue weighted by atomic mass is 15.1. The summed E-state index contributed by atoms with van der Waals surface area (Å²) in [6.45, 7) is 20.8. The molecule has 0 spiro atoms. The number of fused-ring (bicyclic) bond motifs is 6. The van der Waals surface area contributed by atoms with E-state index in [9.17, 15) is 0 Å². The molecular formula is C54H42N4. The van der Waals surface area contributed by atoms with E-state index < -0.39 is 0 Å². The molecule has 278 valence electrons. The molecule has 10 rings (SSSR count). The van der Waals surface area contributed by atoms with Gasteiger partial charge in [-0.3, -0.25) is 4.57 Å². The largest absolute Gasteiger partial charge is 0.307 e. The summed E-state index contributed by atoms with van der Waals surface area (Å²) in [5.74, 6) is 0.836. The van der Waals surface area contributed by atoms with Gasteiger partial charge < -0.3 is 4.57 Å². The second-order valence-electron chi connectivity index (χ2n) is 15.9. The third-order valence-electron chi connectivity index (χ3n) is 11.9. The minimum atomic E-state index is 0.614. The Morgan fingerprint density at radius 3 is 1.41 bits per heavy atom. The van der Waals surface area contributed by atoms with Crippen molar-refractivity contribution in [3.63, 3.8) is 0 Å². The Balaban J connectivity index is 1.22. The van der Waals surface area contributed by atoms with Gasteiger partial charge in [0.1, 0.15) is 5.82 Å². The first kappa shape index (κ1) is 35.2. The van der Waals surface area contributed by atoms with Gasteiger partial charge in [0.2, 0.25) is 0 Å². The van der Waals surface area contributed by atoms with Gasteiger partial charge in [0.25, 0.3) is 0 Å². The van der Waals surface area contributed by atoms with Gasteiger partial charge >= 0.3 is 0 Å². The smallest absolute Gasteiger partial charge is 0.187 e. The molecule has 0 saturated carbocycles. The number of hydrogen-bond donors (Lipinski definition) is 0. The molecular weight excluding hydrogens is 705 g/mol. The molecule has 58 heavy (non-hydrogen) atoms. The second kappa shape index (κ2) is 13.5. The number of pyridine rings is 1. The quantitative estimate of drug-likeness (QED) is 0.161. The van der Waals surface area contributed by atoms with Crippen molar-refractivity contribution in [2.45, 2.75) is 41.5 Å². The van der Waals surface area contributed by atoms with E-state index in [1.54, 1.807) is 0 Å². The molecule has 7 aromatic carbocycles. The molecule has 4 heteroatoms. The summed E-state index contributed by atoms with van der Waals surface area (Å²) >= 11 is 0. The van der Waals surface area contributed by atoms with E-state index >= 15 is 0 Å². The molecule has 0 amide bonds. The zero-order valence-corrected chi connectivity index (χ0v) is 33.6. The number of aryl methyl sites for hydroxylation is 6. The third kappa shape index (κ3) is 5.54. The van der Waals surface area contributed by atoms with Crippen LogP contribution in [0.15, 0.2) is 146 Å². The van der Waals surface area contributed by atoms with Gasteiger partial charge in [-0.2, -0.15) is 0 Å². The fourth-order valence-corrected chi connectivity index (χ4v) is 9.72. The van der Waals surface area contributed by atoms with E-state index in [0.717, 1.165) is 44.7 Å². The molecule has 0 bridgehead atoms. The number of hydrogen-bond acceptors (Lipinski definition) is 1. The first-order valence-electron chi connectivity index (χ1n) is 19.9. The Morgan fingerprint density at radius 1 is 0.448 bits per heavy atom. The molecule has 3 heterocycles. The molecule has 0 aliphatic heterocycles. The highest BCUT2D eigenvalue weighted by molar-refractivity contribution is 6.12. The molecule has 0 radical (unpaired) electrons. The molecule has 4 nitrogen and oxygen atoms in total. The summed E-state index contributed by atoms with van der Waals surface area (Å²) < 4.78 is 4.66. The summed E-state index contributed by atoms with van der Waals surface area (Å²) in [4.78, 5) is 9.03. The predicted octanol–water partition coefficient (Wildman–Crippen LogP) is 14.7. The Labute approximate surface area is 339 Å². The summed E-state index contributed by atoms with van der Waals surface area (Å²) in [6.07, 6.45) is 2.04. The maximum atomic E-state index is 7.66. The maximum absolute atomic E-state index is 7.66. The van der Waals surface area contributed by atoms with E-state index in [1.807, 2.05) is 18.3 Å². The predicted molar refractivity (Wildman–Crippen MR) is 244 cm³/mol. The molecule has 0 aliphatic carbocycles. The van der Waals surface area contributed by atoms with Crippen LogP contribution in [0.4, 0.5) is 5.69 Å². The zero-order valence-electron chi connectivity index (χ0n) is 33.6. The summed E-state index contributed by atoms with van der Waals surface area (Å²) in [5.41, 5.74) is 20.8. The summed E-state index contributed by atoms with van der Waals surface area (Å²) in [7, 11) is 0. The van der Waals surface area contributed by atoms with Crippen LogP contribution in [0, 0.1) is 48.1 Å².